The van der Waals surface area contributed by atoms with Crippen LogP contribution in [0.15, 0.2) is 48.2 Å². The topological polar surface area (TPSA) is 42.0 Å². The third kappa shape index (κ3) is 3.82. The average Bonchev–Trinajstić information content (AvgIpc) is 3.49. The number of rotatable bonds is 7. The number of benzene rings is 2. The van der Waals surface area contributed by atoms with Crippen LogP contribution in [0.25, 0.3) is 6.08 Å². The second-order valence-electron chi connectivity index (χ2n) is 7.93. The Morgan fingerprint density at radius 2 is 1.76 bits per heavy atom. The lowest BCUT2D eigenvalue weighted by atomic mass is 10.1. The molecule has 0 N–H and O–H groups in total. The zero-order valence-electron chi connectivity index (χ0n) is 17.5. The number of likely N-dealkylation sites (tertiary alicyclic amines) is 1. The molecule has 0 radical (unpaired) electrons. The van der Waals surface area contributed by atoms with E-state index in [0.29, 0.717) is 12.5 Å². The number of amides is 1. The molecule has 1 amide bonds. The molecule has 2 atom stereocenters. The summed E-state index contributed by atoms with van der Waals surface area (Å²) in [6.07, 6.45) is 3.96. The van der Waals surface area contributed by atoms with Crippen molar-refractivity contribution >= 4 is 17.7 Å². The molecule has 4 rings (SSSR count). The first-order valence-electron chi connectivity index (χ1n) is 10.0. The van der Waals surface area contributed by atoms with E-state index in [2.05, 4.69) is 35.2 Å². The number of ether oxygens (including phenoxy) is 2. The molecule has 5 nitrogen and oxygen atoms in total. The predicted molar refractivity (Wildman–Crippen MR) is 115 cm³/mol. The Morgan fingerprint density at radius 1 is 1.03 bits per heavy atom. The standard InChI is InChI=1S/C24H28N2O3/c1-25(2)18-8-5-16(6-9-18)13-21-19-15-20(19)24(27)26(21)12-11-17-7-10-22(28-3)23(14-17)29-4/h5-10,13-14,19-20H,11-12,15H2,1-4H3/b21-13-. The summed E-state index contributed by atoms with van der Waals surface area (Å²) in [5.74, 6) is 2.29. The number of hydrogen-bond acceptors (Lipinski definition) is 4. The molecule has 1 saturated carbocycles. The van der Waals surface area contributed by atoms with Gasteiger partial charge in [-0.15, -0.1) is 0 Å². The monoisotopic (exact) mass is 392 g/mol. The minimum absolute atomic E-state index is 0.188. The van der Waals surface area contributed by atoms with Crippen LogP contribution in [0.3, 0.4) is 0 Å². The van der Waals surface area contributed by atoms with E-state index >= 15 is 0 Å². The highest BCUT2D eigenvalue weighted by Gasteiger charge is 2.55. The molecule has 1 saturated heterocycles. The number of carbonyl (C=O) groups is 1. The van der Waals surface area contributed by atoms with E-state index in [1.165, 1.54) is 5.69 Å². The van der Waals surface area contributed by atoms with E-state index in [9.17, 15) is 4.79 Å². The van der Waals surface area contributed by atoms with E-state index in [1.54, 1.807) is 14.2 Å². The zero-order valence-corrected chi connectivity index (χ0v) is 17.5. The molecule has 1 aliphatic heterocycles. The van der Waals surface area contributed by atoms with Crippen molar-refractivity contribution in [3.05, 3.63) is 59.3 Å². The van der Waals surface area contributed by atoms with Gasteiger partial charge in [0.2, 0.25) is 5.91 Å². The number of allylic oxidation sites excluding steroid dienone is 1. The molecule has 2 fully saturated rings. The summed E-state index contributed by atoms with van der Waals surface area (Å²) in [6.45, 7) is 0.683. The Kier molecular flexibility index (Phi) is 5.22. The first kappa shape index (κ1) is 19.4. The summed E-state index contributed by atoms with van der Waals surface area (Å²) in [6, 6.07) is 14.4. The molecule has 2 aromatic rings. The number of piperidine rings is 1. The quantitative estimate of drug-likeness (QED) is 0.718. The van der Waals surface area contributed by atoms with Gasteiger partial charge in [0, 0.05) is 43.9 Å². The van der Waals surface area contributed by atoms with Crippen LogP contribution in [-0.2, 0) is 11.2 Å². The van der Waals surface area contributed by atoms with Crippen molar-refractivity contribution in [3.8, 4) is 11.5 Å². The van der Waals surface area contributed by atoms with Gasteiger partial charge in [-0.25, -0.2) is 0 Å². The minimum atomic E-state index is 0.188. The number of nitrogens with zero attached hydrogens (tertiary/aromatic N) is 2. The van der Waals surface area contributed by atoms with Crippen LogP contribution in [0.2, 0.25) is 0 Å². The lowest BCUT2D eigenvalue weighted by Gasteiger charge is -2.22. The summed E-state index contributed by atoms with van der Waals surface area (Å²) in [4.78, 5) is 16.8. The minimum Gasteiger partial charge on any atom is -0.493 e. The van der Waals surface area contributed by atoms with Gasteiger partial charge >= 0.3 is 0 Å². The number of methoxy groups -OCH3 is 2. The molecule has 0 spiro atoms. The highest BCUT2D eigenvalue weighted by molar-refractivity contribution is 5.90. The highest BCUT2D eigenvalue weighted by Crippen LogP contribution is 2.53. The third-order valence-electron chi connectivity index (χ3n) is 5.86. The normalized spacial score (nSPS) is 21.3. The molecule has 2 unspecified atom stereocenters. The van der Waals surface area contributed by atoms with Crippen molar-refractivity contribution in [3.63, 3.8) is 0 Å². The molecule has 0 aromatic heterocycles. The van der Waals surface area contributed by atoms with E-state index in [0.717, 1.165) is 41.2 Å². The fraction of sp³-hybridized carbons (Fsp3) is 0.375. The highest BCUT2D eigenvalue weighted by atomic mass is 16.5. The Morgan fingerprint density at radius 3 is 2.41 bits per heavy atom. The van der Waals surface area contributed by atoms with Crippen LogP contribution in [0.4, 0.5) is 5.69 Å². The number of hydrogen-bond donors (Lipinski definition) is 0. The number of anilines is 1. The van der Waals surface area contributed by atoms with Gasteiger partial charge in [-0.3, -0.25) is 4.79 Å². The Bertz CT molecular complexity index is 934. The van der Waals surface area contributed by atoms with Crippen molar-refractivity contribution in [1.29, 1.82) is 0 Å². The van der Waals surface area contributed by atoms with Crippen LogP contribution in [0.1, 0.15) is 17.5 Å². The first-order valence-corrected chi connectivity index (χ1v) is 10.0. The Labute approximate surface area is 172 Å². The van der Waals surface area contributed by atoms with Gasteiger partial charge in [0.1, 0.15) is 0 Å². The zero-order chi connectivity index (χ0) is 20.5. The van der Waals surface area contributed by atoms with E-state index in [1.807, 2.05) is 37.2 Å². The maximum absolute atomic E-state index is 12.8. The summed E-state index contributed by atoms with van der Waals surface area (Å²) < 4.78 is 10.7. The molecule has 0 bridgehead atoms. The molecule has 5 heteroatoms. The Hall–Kier alpha value is -2.95. The SMILES string of the molecule is COc1ccc(CCN2C(=O)C3CC3/C2=C/c2ccc(N(C)C)cc2)cc1OC. The smallest absolute Gasteiger partial charge is 0.230 e. The lowest BCUT2D eigenvalue weighted by Crippen LogP contribution is -2.29. The van der Waals surface area contributed by atoms with Gasteiger partial charge in [-0.05, 0) is 54.3 Å². The third-order valence-corrected chi connectivity index (χ3v) is 5.86. The number of carbonyl (C=O) groups excluding carboxylic acids is 1. The molecule has 152 valence electrons. The van der Waals surface area contributed by atoms with Crippen LogP contribution < -0.4 is 14.4 Å². The van der Waals surface area contributed by atoms with Gasteiger partial charge < -0.3 is 19.3 Å². The first-order chi connectivity index (χ1) is 14.0. The van der Waals surface area contributed by atoms with Crippen LogP contribution in [-0.4, -0.2) is 45.7 Å². The summed E-state index contributed by atoms with van der Waals surface area (Å²) in [5, 5.41) is 0. The lowest BCUT2D eigenvalue weighted by molar-refractivity contribution is -0.128. The number of fused-ring (bicyclic) bond motifs is 1. The molecular weight excluding hydrogens is 364 g/mol. The van der Waals surface area contributed by atoms with Crippen molar-refractivity contribution in [1.82, 2.24) is 4.90 Å². The van der Waals surface area contributed by atoms with Crippen molar-refractivity contribution in [2.24, 2.45) is 11.8 Å². The fourth-order valence-electron chi connectivity index (χ4n) is 4.06. The van der Waals surface area contributed by atoms with Crippen LogP contribution >= 0.6 is 0 Å². The van der Waals surface area contributed by atoms with Gasteiger partial charge in [0.25, 0.3) is 0 Å². The maximum Gasteiger partial charge on any atom is 0.230 e. The van der Waals surface area contributed by atoms with Gasteiger partial charge in [-0.1, -0.05) is 18.2 Å². The van der Waals surface area contributed by atoms with Crippen molar-refractivity contribution < 1.29 is 14.3 Å². The molecule has 1 aliphatic carbocycles. The molecule has 2 aromatic carbocycles. The van der Waals surface area contributed by atoms with Crippen LogP contribution in [0.5, 0.6) is 11.5 Å². The molecule has 2 aliphatic rings. The van der Waals surface area contributed by atoms with Gasteiger partial charge in [0.15, 0.2) is 11.5 Å². The second kappa shape index (κ2) is 7.82. The van der Waals surface area contributed by atoms with E-state index < -0.39 is 0 Å². The van der Waals surface area contributed by atoms with Crippen LogP contribution in [0, 0.1) is 11.8 Å². The summed E-state index contributed by atoms with van der Waals surface area (Å²) in [5.41, 5.74) is 4.61. The summed E-state index contributed by atoms with van der Waals surface area (Å²) >= 11 is 0. The second-order valence-corrected chi connectivity index (χ2v) is 7.93. The van der Waals surface area contributed by atoms with Gasteiger partial charge in [-0.2, -0.15) is 0 Å². The Balaban J connectivity index is 1.51. The molecule has 1 heterocycles. The average molecular weight is 392 g/mol. The van der Waals surface area contributed by atoms with Crippen molar-refractivity contribution in [2.75, 3.05) is 39.8 Å². The molecular formula is C24H28N2O3. The summed E-state index contributed by atoms with van der Waals surface area (Å²) in [7, 11) is 7.35. The predicted octanol–water partition coefficient (Wildman–Crippen LogP) is 3.83. The van der Waals surface area contributed by atoms with Gasteiger partial charge in [0.05, 0.1) is 14.2 Å². The maximum atomic E-state index is 12.8. The molecule has 29 heavy (non-hydrogen) atoms. The van der Waals surface area contributed by atoms with Crippen molar-refractivity contribution in [2.45, 2.75) is 12.8 Å². The largest absolute Gasteiger partial charge is 0.493 e. The fourth-order valence-corrected chi connectivity index (χ4v) is 4.06. The van der Waals surface area contributed by atoms with E-state index in [4.69, 9.17) is 9.47 Å². The van der Waals surface area contributed by atoms with E-state index in [-0.39, 0.29) is 11.8 Å².